The summed E-state index contributed by atoms with van der Waals surface area (Å²) >= 11 is 0. The zero-order valence-electron chi connectivity index (χ0n) is 19.8. The van der Waals surface area contributed by atoms with Gasteiger partial charge in [-0.25, -0.2) is 9.18 Å². The van der Waals surface area contributed by atoms with E-state index in [1.807, 2.05) is 12.1 Å². The second-order valence-corrected chi connectivity index (χ2v) is 8.27. The second kappa shape index (κ2) is 10.5. The summed E-state index contributed by atoms with van der Waals surface area (Å²) in [5, 5.41) is 5.53. The molecule has 3 aromatic rings. The van der Waals surface area contributed by atoms with Crippen LogP contribution >= 0.6 is 0 Å². The fourth-order valence-electron chi connectivity index (χ4n) is 4.24. The number of hydrogen-bond acceptors (Lipinski definition) is 5. The van der Waals surface area contributed by atoms with Gasteiger partial charge in [0, 0.05) is 6.54 Å². The van der Waals surface area contributed by atoms with Crippen LogP contribution in [0.1, 0.15) is 35.4 Å². The first kappa shape index (κ1) is 24.1. The Morgan fingerprint density at radius 1 is 1.14 bits per heavy atom. The van der Waals surface area contributed by atoms with Gasteiger partial charge in [0.15, 0.2) is 11.5 Å². The minimum absolute atomic E-state index is 0.225. The molecular weight excluding hydrogens is 453 g/mol. The van der Waals surface area contributed by atoms with E-state index < -0.39 is 18.1 Å². The average Bonchev–Trinajstić information content (AvgIpc) is 3.39. The van der Waals surface area contributed by atoms with Crippen LogP contribution in [0.25, 0.3) is 0 Å². The van der Waals surface area contributed by atoms with Crippen molar-refractivity contribution in [2.75, 3.05) is 20.8 Å². The molecule has 0 saturated heterocycles. The molecule has 8 nitrogen and oxygen atoms in total. The Balaban J connectivity index is 1.58. The number of fused-ring (bicyclic) bond motifs is 1. The van der Waals surface area contributed by atoms with Gasteiger partial charge in [-0.15, -0.1) is 0 Å². The van der Waals surface area contributed by atoms with E-state index in [0.29, 0.717) is 30.2 Å². The Morgan fingerprint density at radius 2 is 1.86 bits per heavy atom. The van der Waals surface area contributed by atoms with Crippen molar-refractivity contribution in [1.82, 2.24) is 15.5 Å². The summed E-state index contributed by atoms with van der Waals surface area (Å²) in [7, 11) is 3.12. The Labute approximate surface area is 203 Å². The van der Waals surface area contributed by atoms with Crippen molar-refractivity contribution < 1.29 is 27.9 Å². The molecule has 1 aromatic heterocycles. The van der Waals surface area contributed by atoms with Gasteiger partial charge >= 0.3 is 6.03 Å². The number of amides is 3. The predicted molar refractivity (Wildman–Crippen MR) is 127 cm³/mol. The molecule has 0 aliphatic carbocycles. The predicted octanol–water partition coefficient (Wildman–Crippen LogP) is 3.80. The molecule has 1 aliphatic rings. The number of carbonyl (C=O) groups is 2. The Hall–Kier alpha value is -4.01. The molecule has 2 N–H and O–H groups in total. The first-order chi connectivity index (χ1) is 16.9. The van der Waals surface area contributed by atoms with Crippen molar-refractivity contribution in [2.45, 2.75) is 32.0 Å². The fraction of sp³-hybridized carbons (Fsp3) is 0.308. The highest BCUT2D eigenvalue weighted by molar-refractivity contribution is 5.87. The topological polar surface area (TPSA) is 93.0 Å². The second-order valence-electron chi connectivity index (χ2n) is 8.27. The summed E-state index contributed by atoms with van der Waals surface area (Å²) in [4.78, 5) is 27.6. The zero-order chi connectivity index (χ0) is 24.9. The normalized spacial score (nSPS) is 15.7. The third kappa shape index (κ3) is 5.24. The molecule has 2 heterocycles. The molecule has 3 amide bonds. The van der Waals surface area contributed by atoms with Crippen LogP contribution in [0, 0.1) is 5.82 Å². The van der Waals surface area contributed by atoms with Crippen LogP contribution in [0.15, 0.2) is 59.2 Å². The number of rotatable bonds is 7. The van der Waals surface area contributed by atoms with Crippen LogP contribution in [0.4, 0.5) is 9.18 Å². The zero-order valence-corrected chi connectivity index (χ0v) is 19.8. The number of urea groups is 1. The summed E-state index contributed by atoms with van der Waals surface area (Å²) in [6, 6.07) is 11.6. The van der Waals surface area contributed by atoms with Gasteiger partial charge in [-0.1, -0.05) is 12.1 Å². The first-order valence-corrected chi connectivity index (χ1v) is 11.3. The van der Waals surface area contributed by atoms with E-state index >= 15 is 0 Å². The van der Waals surface area contributed by atoms with Gasteiger partial charge < -0.3 is 29.4 Å². The summed E-state index contributed by atoms with van der Waals surface area (Å²) in [5.41, 5.74) is 2.60. The SMILES string of the molecule is COc1cc2c(cc1OC)C(c1ccc(F)cc1)N(C(=O)N[C@@H](C)C(=O)NCc1ccco1)CC2. The molecular formula is C26H28FN3O5. The van der Waals surface area contributed by atoms with E-state index in [1.54, 1.807) is 50.3 Å². The minimum Gasteiger partial charge on any atom is -0.493 e. The fourth-order valence-corrected chi connectivity index (χ4v) is 4.24. The lowest BCUT2D eigenvalue weighted by Gasteiger charge is -2.38. The third-order valence-electron chi connectivity index (χ3n) is 6.07. The highest BCUT2D eigenvalue weighted by Crippen LogP contribution is 2.41. The van der Waals surface area contributed by atoms with Gasteiger partial charge in [-0.05, 0) is 66.4 Å². The monoisotopic (exact) mass is 481 g/mol. The Morgan fingerprint density at radius 3 is 2.51 bits per heavy atom. The number of hydrogen-bond donors (Lipinski definition) is 2. The van der Waals surface area contributed by atoms with Crippen molar-refractivity contribution in [2.24, 2.45) is 0 Å². The molecule has 0 fully saturated rings. The van der Waals surface area contributed by atoms with Crippen LogP contribution in [-0.4, -0.2) is 43.6 Å². The minimum atomic E-state index is -0.780. The number of benzene rings is 2. The molecule has 0 radical (unpaired) electrons. The highest BCUT2D eigenvalue weighted by Gasteiger charge is 2.34. The summed E-state index contributed by atoms with van der Waals surface area (Å²) in [6.07, 6.45) is 2.11. The lowest BCUT2D eigenvalue weighted by Crippen LogP contribution is -2.52. The molecule has 1 aliphatic heterocycles. The van der Waals surface area contributed by atoms with E-state index in [4.69, 9.17) is 13.9 Å². The average molecular weight is 482 g/mol. The van der Waals surface area contributed by atoms with Crippen molar-refractivity contribution in [3.8, 4) is 11.5 Å². The largest absolute Gasteiger partial charge is 0.493 e. The summed E-state index contributed by atoms with van der Waals surface area (Å²) in [5.74, 6) is 1.05. The van der Waals surface area contributed by atoms with Gasteiger partial charge in [-0.2, -0.15) is 0 Å². The number of methoxy groups -OCH3 is 2. The van der Waals surface area contributed by atoms with Crippen molar-refractivity contribution in [1.29, 1.82) is 0 Å². The molecule has 2 atom stereocenters. The van der Waals surface area contributed by atoms with Gasteiger partial charge in [0.05, 0.1) is 33.1 Å². The molecule has 35 heavy (non-hydrogen) atoms. The number of ether oxygens (including phenoxy) is 2. The van der Waals surface area contributed by atoms with Gasteiger partial charge in [-0.3, -0.25) is 4.79 Å². The standard InChI is InChI=1S/C26H28FN3O5/c1-16(25(31)28-15-20-5-4-12-35-20)29-26(32)30-11-10-18-13-22(33-2)23(34-3)14-21(18)24(30)17-6-8-19(27)9-7-17/h4-9,12-14,16,24H,10-11,15H2,1-3H3,(H,28,31)(H,29,32)/t16-,24?/m0/s1. The first-order valence-electron chi connectivity index (χ1n) is 11.3. The van der Waals surface area contributed by atoms with Crippen LogP contribution in [0.2, 0.25) is 0 Å². The van der Waals surface area contributed by atoms with E-state index in [-0.39, 0.29) is 18.3 Å². The molecule has 2 aromatic carbocycles. The molecule has 1 unspecified atom stereocenters. The van der Waals surface area contributed by atoms with Crippen LogP contribution in [0.3, 0.4) is 0 Å². The van der Waals surface area contributed by atoms with E-state index in [1.165, 1.54) is 18.4 Å². The van der Waals surface area contributed by atoms with Crippen molar-refractivity contribution in [3.63, 3.8) is 0 Å². The third-order valence-corrected chi connectivity index (χ3v) is 6.07. The van der Waals surface area contributed by atoms with E-state index in [0.717, 1.165) is 16.7 Å². The lowest BCUT2D eigenvalue weighted by atomic mass is 9.88. The van der Waals surface area contributed by atoms with E-state index in [2.05, 4.69) is 10.6 Å². The van der Waals surface area contributed by atoms with Crippen molar-refractivity contribution in [3.05, 3.63) is 83.1 Å². The molecule has 9 heteroatoms. The maximum atomic E-state index is 13.7. The summed E-state index contributed by atoms with van der Waals surface area (Å²) in [6.45, 7) is 2.24. The number of nitrogens with zero attached hydrogens (tertiary/aromatic N) is 1. The molecule has 4 rings (SSSR count). The number of carbonyl (C=O) groups excluding carboxylic acids is 2. The maximum Gasteiger partial charge on any atom is 0.318 e. The van der Waals surface area contributed by atoms with Crippen LogP contribution < -0.4 is 20.1 Å². The number of furan rings is 1. The quantitative estimate of drug-likeness (QED) is 0.536. The van der Waals surface area contributed by atoms with Gasteiger partial charge in [0.25, 0.3) is 0 Å². The lowest BCUT2D eigenvalue weighted by molar-refractivity contribution is -0.122. The van der Waals surface area contributed by atoms with Crippen LogP contribution in [-0.2, 0) is 17.8 Å². The number of halogens is 1. The number of nitrogens with one attached hydrogen (secondary N) is 2. The van der Waals surface area contributed by atoms with Crippen LogP contribution in [0.5, 0.6) is 11.5 Å². The van der Waals surface area contributed by atoms with Crippen molar-refractivity contribution >= 4 is 11.9 Å². The molecule has 184 valence electrons. The van der Waals surface area contributed by atoms with Gasteiger partial charge in [0.2, 0.25) is 5.91 Å². The Kier molecular flexibility index (Phi) is 7.24. The molecule has 0 saturated carbocycles. The highest BCUT2D eigenvalue weighted by atomic mass is 19.1. The smallest absolute Gasteiger partial charge is 0.318 e. The molecule has 0 spiro atoms. The molecule has 0 bridgehead atoms. The maximum absolute atomic E-state index is 13.7. The van der Waals surface area contributed by atoms with Gasteiger partial charge in [0.1, 0.15) is 17.6 Å². The van der Waals surface area contributed by atoms with E-state index in [9.17, 15) is 14.0 Å². The summed E-state index contributed by atoms with van der Waals surface area (Å²) < 4.78 is 29.8. The Bertz CT molecular complexity index is 1180.